The molecule has 0 radical (unpaired) electrons. The molecule has 0 unspecified atom stereocenters. The van der Waals surface area contributed by atoms with Gasteiger partial charge in [0.2, 0.25) is 29.5 Å². The van der Waals surface area contributed by atoms with Crippen molar-refractivity contribution in [3.63, 3.8) is 0 Å². The van der Waals surface area contributed by atoms with Gasteiger partial charge in [0, 0.05) is 26.1 Å². The molecule has 1 saturated carbocycles. The Labute approximate surface area is 289 Å². The van der Waals surface area contributed by atoms with Gasteiger partial charge in [-0.15, -0.1) is 0 Å². The molecule has 4 heterocycles. The van der Waals surface area contributed by atoms with Gasteiger partial charge < -0.3 is 39.7 Å². The first-order chi connectivity index (χ1) is 24.0. The zero-order chi connectivity index (χ0) is 35.6. The van der Waals surface area contributed by atoms with Crippen LogP contribution in [0.3, 0.4) is 0 Å². The average molecular weight is 690 g/mol. The van der Waals surface area contributed by atoms with Crippen LogP contribution in [0.1, 0.15) is 96.9 Å². The van der Waals surface area contributed by atoms with Gasteiger partial charge in [-0.1, -0.05) is 44.2 Å². The lowest BCUT2D eigenvalue weighted by atomic mass is 10.0. The lowest BCUT2D eigenvalue weighted by Crippen LogP contribution is -2.48. The summed E-state index contributed by atoms with van der Waals surface area (Å²) in [6.07, 6.45) is 4.49. The maximum absolute atomic E-state index is 14.2. The molecule has 15 nitrogen and oxygen atoms in total. The zero-order valence-electron chi connectivity index (χ0n) is 28.6. The van der Waals surface area contributed by atoms with E-state index in [1.807, 2.05) is 44.2 Å². The molecule has 6 rings (SSSR count). The predicted octanol–water partition coefficient (Wildman–Crippen LogP) is 2.22. The molecule has 5 atom stereocenters. The van der Waals surface area contributed by atoms with Crippen LogP contribution in [0.25, 0.3) is 0 Å². The number of nitrogens with zero attached hydrogens (tertiary/aromatic N) is 3. The van der Waals surface area contributed by atoms with Crippen LogP contribution < -0.4 is 21.3 Å². The zero-order valence-corrected chi connectivity index (χ0v) is 28.6. The molecule has 4 N–H and O–H groups in total. The number of methoxy groups -OCH3 is 1. The molecule has 3 aromatic rings. The number of ether oxygens (including phenoxy) is 1. The fourth-order valence-corrected chi connectivity index (χ4v) is 6.53. The summed E-state index contributed by atoms with van der Waals surface area (Å²) in [4.78, 5) is 78.4. The highest BCUT2D eigenvalue weighted by atomic mass is 16.5. The molecule has 5 amide bonds. The van der Waals surface area contributed by atoms with Gasteiger partial charge in [0.05, 0.1) is 12.0 Å². The summed E-state index contributed by atoms with van der Waals surface area (Å²) >= 11 is 0. The number of oxazole rings is 2. The van der Waals surface area contributed by atoms with Crippen LogP contribution in [0.4, 0.5) is 0 Å². The van der Waals surface area contributed by atoms with Gasteiger partial charge >= 0.3 is 0 Å². The van der Waals surface area contributed by atoms with Gasteiger partial charge in [-0.3, -0.25) is 24.0 Å². The number of amides is 5. The summed E-state index contributed by atoms with van der Waals surface area (Å²) in [5.74, 6) is -2.14. The van der Waals surface area contributed by atoms with Crippen molar-refractivity contribution in [1.29, 1.82) is 0 Å². The summed E-state index contributed by atoms with van der Waals surface area (Å²) in [5, 5.41) is 11.6. The second kappa shape index (κ2) is 14.4. The molecule has 1 aliphatic carbocycles. The van der Waals surface area contributed by atoms with E-state index in [1.165, 1.54) is 17.4 Å². The molecule has 1 saturated heterocycles. The topological polar surface area (TPSA) is 198 Å². The lowest BCUT2D eigenvalue weighted by Gasteiger charge is -2.25. The largest absolute Gasteiger partial charge is 0.446 e. The van der Waals surface area contributed by atoms with Crippen molar-refractivity contribution in [3.05, 3.63) is 71.6 Å². The van der Waals surface area contributed by atoms with E-state index >= 15 is 0 Å². The van der Waals surface area contributed by atoms with Crippen molar-refractivity contribution in [2.75, 3.05) is 20.3 Å². The SMILES string of the molecule is COCC1(C(=O)N[C@H]2C[C@H]3C(=O)N[C@@H](Cc4ccccc4)c4nc(co4)C(=O)N[C@H](CC(C)C)C(=O)N[C@H](C)c4nc(co4)C(=O)N3C2)CC1. The van der Waals surface area contributed by atoms with Crippen LogP contribution in [0.5, 0.6) is 0 Å². The van der Waals surface area contributed by atoms with Crippen LogP contribution in [0.15, 0.2) is 51.7 Å². The smallest absolute Gasteiger partial charge is 0.276 e. The van der Waals surface area contributed by atoms with Crippen molar-refractivity contribution in [1.82, 2.24) is 36.1 Å². The maximum atomic E-state index is 14.2. The number of rotatable bonds is 8. The van der Waals surface area contributed by atoms with Crippen molar-refractivity contribution in [3.8, 4) is 0 Å². The van der Waals surface area contributed by atoms with Gasteiger partial charge in [-0.2, -0.15) is 0 Å². The molecule has 2 fully saturated rings. The first-order valence-electron chi connectivity index (χ1n) is 16.9. The molecule has 50 heavy (non-hydrogen) atoms. The minimum atomic E-state index is -1.01. The summed E-state index contributed by atoms with van der Waals surface area (Å²) in [6, 6.07) is 5.32. The third-order valence-corrected chi connectivity index (χ3v) is 9.41. The summed E-state index contributed by atoms with van der Waals surface area (Å²) < 4.78 is 16.7. The highest BCUT2D eigenvalue weighted by Crippen LogP contribution is 2.46. The maximum Gasteiger partial charge on any atom is 0.276 e. The van der Waals surface area contributed by atoms with E-state index in [-0.39, 0.29) is 61.0 Å². The molecule has 2 aromatic heterocycles. The molecular formula is C35H43N7O8. The molecule has 1 aromatic carbocycles. The number of hydrogen-bond acceptors (Lipinski definition) is 10. The summed E-state index contributed by atoms with van der Waals surface area (Å²) in [7, 11) is 1.55. The normalized spacial score (nSPS) is 25.2. The number of carbonyl (C=O) groups is 5. The van der Waals surface area contributed by atoms with Gasteiger partial charge in [0.1, 0.15) is 36.7 Å². The van der Waals surface area contributed by atoms with Gasteiger partial charge in [0.15, 0.2) is 11.4 Å². The number of benzene rings is 1. The van der Waals surface area contributed by atoms with Crippen molar-refractivity contribution in [2.24, 2.45) is 11.3 Å². The van der Waals surface area contributed by atoms with Crippen LogP contribution in [0, 0.1) is 11.3 Å². The number of nitrogens with one attached hydrogen (secondary N) is 4. The molecule has 2 aliphatic heterocycles. The van der Waals surface area contributed by atoms with E-state index in [9.17, 15) is 24.0 Å². The summed E-state index contributed by atoms with van der Waals surface area (Å²) in [5.41, 5.74) is 0.125. The van der Waals surface area contributed by atoms with Gasteiger partial charge in [-0.05, 0) is 44.1 Å². The van der Waals surface area contributed by atoms with E-state index in [1.54, 1.807) is 14.0 Å². The van der Waals surface area contributed by atoms with E-state index in [0.717, 1.165) is 5.56 Å². The highest BCUT2D eigenvalue weighted by molar-refractivity contribution is 5.97. The predicted molar refractivity (Wildman–Crippen MR) is 176 cm³/mol. The first kappa shape index (κ1) is 34.8. The van der Waals surface area contributed by atoms with Gasteiger partial charge in [0.25, 0.3) is 11.8 Å². The quantitative estimate of drug-likeness (QED) is 0.272. The van der Waals surface area contributed by atoms with E-state index in [2.05, 4.69) is 31.2 Å². The number of aromatic nitrogens is 2. The monoisotopic (exact) mass is 689 g/mol. The Hall–Kier alpha value is -5.05. The molecule has 266 valence electrons. The van der Waals surface area contributed by atoms with E-state index < -0.39 is 59.3 Å². The third-order valence-electron chi connectivity index (χ3n) is 9.41. The Balaban J connectivity index is 1.35. The van der Waals surface area contributed by atoms with Crippen LogP contribution in [-0.2, 0) is 25.5 Å². The van der Waals surface area contributed by atoms with Gasteiger partial charge in [-0.25, -0.2) is 9.97 Å². The fourth-order valence-electron chi connectivity index (χ4n) is 6.53. The second-order valence-corrected chi connectivity index (χ2v) is 13.9. The number of fused-ring (bicyclic) bond motifs is 5. The highest BCUT2D eigenvalue weighted by Gasteiger charge is 2.51. The Morgan fingerprint density at radius 2 is 1.68 bits per heavy atom. The van der Waals surface area contributed by atoms with Crippen LogP contribution in [-0.4, -0.2) is 82.8 Å². The van der Waals surface area contributed by atoms with Crippen molar-refractivity contribution >= 4 is 29.5 Å². The second-order valence-electron chi connectivity index (χ2n) is 13.9. The Kier molecular flexibility index (Phi) is 10.0. The minimum absolute atomic E-state index is 0.0454. The Morgan fingerprint density at radius 3 is 2.38 bits per heavy atom. The van der Waals surface area contributed by atoms with Crippen LogP contribution >= 0.6 is 0 Å². The number of hydrogen-bond donors (Lipinski definition) is 4. The average Bonchev–Trinajstić information content (AvgIpc) is 3.45. The minimum Gasteiger partial charge on any atom is -0.446 e. The molecule has 3 aliphatic rings. The van der Waals surface area contributed by atoms with Crippen LogP contribution in [0.2, 0.25) is 0 Å². The molecule has 15 heteroatoms. The molecular weight excluding hydrogens is 646 g/mol. The van der Waals surface area contributed by atoms with E-state index in [4.69, 9.17) is 13.6 Å². The molecule has 0 spiro atoms. The Bertz CT molecular complexity index is 1730. The van der Waals surface area contributed by atoms with E-state index in [0.29, 0.717) is 19.3 Å². The standard InChI is InChI=1S/C35H43N7O8/c1-19(2)12-23-28(43)36-20(3)31-41-26(17-49-31)33(46)42-15-22(37-34(47)35(10-11-35)18-48-4)14-27(42)30(45)39-24(13-21-8-6-5-7-9-21)32-40-25(16-50-32)29(44)38-23/h5-9,16-17,19-20,22-24,27H,10-15,18H2,1-4H3,(H,36,43)(H,37,47)(H,38,44)(H,39,45)/t20-,22+,23-,24+,27+/m1/s1. The van der Waals surface area contributed by atoms with Crippen molar-refractivity contribution in [2.45, 2.75) is 83.1 Å². The lowest BCUT2D eigenvalue weighted by molar-refractivity contribution is -0.129. The first-order valence-corrected chi connectivity index (χ1v) is 16.9. The fraction of sp³-hybridized carbons (Fsp3) is 0.514. The third kappa shape index (κ3) is 7.57. The Morgan fingerprint density at radius 1 is 0.980 bits per heavy atom. The number of carbonyl (C=O) groups excluding carboxylic acids is 5. The van der Waals surface area contributed by atoms with Crippen molar-refractivity contribution < 1.29 is 37.5 Å². The molecule has 4 bridgehead atoms. The summed E-state index contributed by atoms with van der Waals surface area (Å²) in [6.45, 7) is 5.83.